The molecule has 1 atom stereocenters. The lowest BCUT2D eigenvalue weighted by molar-refractivity contribution is 0.527. The minimum Gasteiger partial charge on any atom is -0.326 e. The number of nitrogens with zero attached hydrogens (tertiary/aromatic N) is 1. The van der Waals surface area contributed by atoms with E-state index < -0.39 is 0 Å². The summed E-state index contributed by atoms with van der Waals surface area (Å²) >= 11 is 0. The van der Waals surface area contributed by atoms with Gasteiger partial charge in [-0.3, -0.25) is 4.99 Å². The van der Waals surface area contributed by atoms with Gasteiger partial charge in [0.15, 0.2) is 0 Å². The number of nitrogens with two attached hydrogens (primary N) is 1. The summed E-state index contributed by atoms with van der Waals surface area (Å²) in [4.78, 5) is 4.45. The summed E-state index contributed by atoms with van der Waals surface area (Å²) in [6.45, 7) is 5.02. The highest BCUT2D eigenvalue weighted by atomic mass is 14.8. The molecule has 0 aromatic carbocycles. The van der Waals surface area contributed by atoms with Crippen molar-refractivity contribution in [2.24, 2.45) is 10.7 Å². The number of unbranched alkanes of at least 4 members (excludes halogenated alkanes) is 2. The van der Waals surface area contributed by atoms with Crippen LogP contribution in [0.25, 0.3) is 0 Å². The summed E-state index contributed by atoms with van der Waals surface area (Å²) in [6.07, 6.45) is 9.45. The molecule has 2 N–H and O–H groups in total. The molecule has 2 nitrogen and oxygen atoms in total. The highest BCUT2D eigenvalue weighted by Gasteiger charge is 2.03. The average molecular weight is 184 g/mol. The Bertz CT molecular complexity index is 121. The predicted molar refractivity (Wildman–Crippen MR) is 60.4 cm³/mol. The zero-order valence-corrected chi connectivity index (χ0v) is 9.13. The Morgan fingerprint density at radius 3 is 2.46 bits per heavy atom. The molecule has 13 heavy (non-hydrogen) atoms. The monoisotopic (exact) mass is 184 g/mol. The van der Waals surface area contributed by atoms with E-state index in [0.29, 0.717) is 12.6 Å². The van der Waals surface area contributed by atoms with Crippen LogP contribution in [-0.2, 0) is 0 Å². The lowest BCUT2D eigenvalue weighted by Crippen LogP contribution is -2.07. The Morgan fingerprint density at radius 2 is 1.92 bits per heavy atom. The van der Waals surface area contributed by atoms with Gasteiger partial charge in [0.05, 0.1) is 0 Å². The molecule has 0 saturated heterocycles. The van der Waals surface area contributed by atoms with Crippen LogP contribution >= 0.6 is 0 Å². The van der Waals surface area contributed by atoms with E-state index in [1.165, 1.54) is 38.5 Å². The molecule has 0 aliphatic carbocycles. The third kappa shape index (κ3) is 7.97. The second kappa shape index (κ2) is 9.72. The van der Waals surface area contributed by atoms with Crippen LogP contribution in [0.3, 0.4) is 0 Å². The van der Waals surface area contributed by atoms with E-state index in [-0.39, 0.29) is 0 Å². The smallest absolute Gasteiger partial charge is 0.0496 e. The average Bonchev–Trinajstić information content (AvgIpc) is 2.14. The van der Waals surface area contributed by atoms with Crippen LogP contribution in [0.5, 0.6) is 0 Å². The van der Waals surface area contributed by atoms with Crippen LogP contribution < -0.4 is 5.73 Å². The van der Waals surface area contributed by atoms with Crippen molar-refractivity contribution < 1.29 is 0 Å². The lowest BCUT2D eigenvalue weighted by Gasteiger charge is -2.10. The van der Waals surface area contributed by atoms with E-state index in [1.807, 2.05) is 6.21 Å². The standard InChI is InChI=1S/C11H24N2/c1-3-5-6-8-11(7-4-2)13-10-9-12/h10-11H,3-9,12H2,1-2H3/b13-10-. The first kappa shape index (κ1) is 12.6. The van der Waals surface area contributed by atoms with Crippen LogP contribution in [0, 0.1) is 0 Å². The Balaban J connectivity index is 3.59. The van der Waals surface area contributed by atoms with Crippen LogP contribution in [0.15, 0.2) is 4.99 Å². The molecule has 0 aromatic heterocycles. The third-order valence-corrected chi connectivity index (χ3v) is 2.18. The zero-order chi connectivity index (χ0) is 9.94. The van der Waals surface area contributed by atoms with Gasteiger partial charge in [-0.25, -0.2) is 0 Å². The van der Waals surface area contributed by atoms with Crippen molar-refractivity contribution in [3.05, 3.63) is 0 Å². The lowest BCUT2D eigenvalue weighted by atomic mass is 10.0. The highest BCUT2D eigenvalue weighted by Crippen LogP contribution is 2.11. The number of rotatable bonds is 8. The van der Waals surface area contributed by atoms with Crippen molar-refractivity contribution in [1.82, 2.24) is 0 Å². The van der Waals surface area contributed by atoms with Crippen molar-refractivity contribution >= 4 is 6.21 Å². The number of aliphatic imine (C=N–C) groups is 1. The molecule has 0 heterocycles. The molecule has 0 fully saturated rings. The molecule has 0 rings (SSSR count). The van der Waals surface area contributed by atoms with Gasteiger partial charge in [-0.15, -0.1) is 0 Å². The van der Waals surface area contributed by atoms with E-state index in [1.54, 1.807) is 0 Å². The summed E-state index contributed by atoms with van der Waals surface area (Å²) in [5, 5.41) is 0. The van der Waals surface area contributed by atoms with Crippen molar-refractivity contribution in [2.75, 3.05) is 6.54 Å². The maximum Gasteiger partial charge on any atom is 0.0496 e. The van der Waals surface area contributed by atoms with E-state index in [2.05, 4.69) is 18.8 Å². The SMILES string of the molecule is CCCCCC(CCC)/N=C\CN. The molecule has 0 radical (unpaired) electrons. The van der Waals surface area contributed by atoms with Crippen molar-refractivity contribution in [3.8, 4) is 0 Å². The fourth-order valence-electron chi connectivity index (χ4n) is 1.47. The molecule has 0 aliphatic rings. The highest BCUT2D eigenvalue weighted by molar-refractivity contribution is 5.59. The van der Waals surface area contributed by atoms with Gasteiger partial charge in [0.25, 0.3) is 0 Å². The van der Waals surface area contributed by atoms with Gasteiger partial charge in [-0.1, -0.05) is 39.5 Å². The Labute approximate surface area is 82.6 Å². The summed E-state index contributed by atoms with van der Waals surface area (Å²) in [5.74, 6) is 0. The summed E-state index contributed by atoms with van der Waals surface area (Å²) < 4.78 is 0. The van der Waals surface area contributed by atoms with Crippen LogP contribution in [0.4, 0.5) is 0 Å². The summed E-state index contributed by atoms with van der Waals surface area (Å²) in [7, 11) is 0. The van der Waals surface area contributed by atoms with Gasteiger partial charge in [0, 0.05) is 18.8 Å². The van der Waals surface area contributed by atoms with E-state index in [4.69, 9.17) is 5.73 Å². The molecule has 78 valence electrons. The fraction of sp³-hybridized carbons (Fsp3) is 0.909. The van der Waals surface area contributed by atoms with E-state index >= 15 is 0 Å². The first-order valence-electron chi connectivity index (χ1n) is 5.56. The van der Waals surface area contributed by atoms with Gasteiger partial charge in [-0.05, 0) is 12.8 Å². The Hall–Kier alpha value is -0.370. The van der Waals surface area contributed by atoms with Crippen molar-refractivity contribution in [2.45, 2.75) is 58.4 Å². The molecule has 0 bridgehead atoms. The number of hydrogen-bond acceptors (Lipinski definition) is 2. The first-order chi connectivity index (χ1) is 6.35. The first-order valence-corrected chi connectivity index (χ1v) is 5.56. The maximum atomic E-state index is 5.38. The van der Waals surface area contributed by atoms with Gasteiger partial charge < -0.3 is 5.73 Å². The van der Waals surface area contributed by atoms with Crippen LogP contribution in [0.1, 0.15) is 52.4 Å². The van der Waals surface area contributed by atoms with E-state index in [0.717, 1.165) is 0 Å². The van der Waals surface area contributed by atoms with Gasteiger partial charge in [-0.2, -0.15) is 0 Å². The molecular weight excluding hydrogens is 160 g/mol. The molecule has 0 aromatic rings. The molecule has 2 heteroatoms. The molecule has 0 amide bonds. The van der Waals surface area contributed by atoms with Crippen molar-refractivity contribution in [1.29, 1.82) is 0 Å². The predicted octanol–water partition coefficient (Wildman–Crippen LogP) is 2.76. The largest absolute Gasteiger partial charge is 0.326 e. The maximum absolute atomic E-state index is 5.38. The van der Waals surface area contributed by atoms with Gasteiger partial charge >= 0.3 is 0 Å². The molecular formula is C11H24N2. The summed E-state index contributed by atoms with van der Waals surface area (Å²) in [6, 6.07) is 0.528. The zero-order valence-electron chi connectivity index (χ0n) is 9.13. The van der Waals surface area contributed by atoms with Gasteiger partial charge in [0.2, 0.25) is 0 Å². The molecule has 0 aliphatic heterocycles. The third-order valence-electron chi connectivity index (χ3n) is 2.18. The quantitative estimate of drug-likeness (QED) is 0.457. The Morgan fingerprint density at radius 1 is 1.15 bits per heavy atom. The topological polar surface area (TPSA) is 38.4 Å². The van der Waals surface area contributed by atoms with Crippen molar-refractivity contribution in [3.63, 3.8) is 0 Å². The second-order valence-corrected chi connectivity index (χ2v) is 3.51. The number of hydrogen-bond donors (Lipinski definition) is 1. The minimum absolute atomic E-state index is 0.528. The second-order valence-electron chi connectivity index (χ2n) is 3.51. The summed E-state index contributed by atoms with van der Waals surface area (Å²) in [5.41, 5.74) is 5.38. The van der Waals surface area contributed by atoms with Gasteiger partial charge in [0.1, 0.15) is 0 Å². The molecule has 1 unspecified atom stereocenters. The fourth-order valence-corrected chi connectivity index (χ4v) is 1.47. The van der Waals surface area contributed by atoms with Crippen LogP contribution in [-0.4, -0.2) is 18.8 Å². The van der Waals surface area contributed by atoms with E-state index in [9.17, 15) is 0 Å². The normalized spacial score (nSPS) is 13.8. The minimum atomic E-state index is 0.528. The molecule has 0 saturated carbocycles. The molecule has 0 spiro atoms. The Kier molecular flexibility index (Phi) is 9.44. The van der Waals surface area contributed by atoms with Crippen LogP contribution in [0.2, 0.25) is 0 Å².